The largest absolute Gasteiger partial charge is 0.385 e. The van der Waals surface area contributed by atoms with Gasteiger partial charge in [-0.1, -0.05) is 13.8 Å². The first-order valence-electron chi connectivity index (χ1n) is 6.35. The van der Waals surface area contributed by atoms with Gasteiger partial charge in [0, 0.05) is 11.8 Å². The second-order valence-corrected chi connectivity index (χ2v) is 5.50. The van der Waals surface area contributed by atoms with E-state index in [9.17, 15) is 9.50 Å². The van der Waals surface area contributed by atoms with E-state index in [1.807, 2.05) is 0 Å². The van der Waals surface area contributed by atoms with Gasteiger partial charge in [-0.25, -0.2) is 4.39 Å². The Hall–Kier alpha value is -0.960. The molecule has 0 aliphatic heterocycles. The predicted octanol–water partition coefficient (Wildman–Crippen LogP) is 3.25. The van der Waals surface area contributed by atoms with Crippen LogP contribution in [0.1, 0.15) is 45.1 Å². The van der Waals surface area contributed by atoms with Crippen LogP contribution in [0.25, 0.3) is 0 Å². The first-order chi connectivity index (χ1) is 8.01. The van der Waals surface area contributed by atoms with Crippen molar-refractivity contribution in [3.8, 4) is 0 Å². The molecule has 0 radical (unpaired) electrons. The second-order valence-electron chi connectivity index (χ2n) is 5.50. The molecule has 1 fully saturated rings. The summed E-state index contributed by atoms with van der Waals surface area (Å²) >= 11 is 0. The highest BCUT2D eigenvalue weighted by atomic mass is 19.1. The summed E-state index contributed by atoms with van der Waals surface area (Å²) in [5.41, 5.74) is -0.250. The third-order valence-corrected chi connectivity index (χ3v) is 4.04. The summed E-state index contributed by atoms with van der Waals surface area (Å²) in [6.07, 6.45) is 6.18. The molecule has 0 aromatic carbocycles. The summed E-state index contributed by atoms with van der Waals surface area (Å²) < 4.78 is 13.1. The van der Waals surface area contributed by atoms with Gasteiger partial charge in [-0.2, -0.15) is 0 Å². The molecule has 2 rings (SSSR count). The van der Waals surface area contributed by atoms with E-state index in [4.69, 9.17) is 0 Å². The minimum absolute atomic E-state index is 0.373. The molecule has 1 heterocycles. The molecule has 1 aromatic heterocycles. The molecule has 1 aliphatic rings. The summed E-state index contributed by atoms with van der Waals surface area (Å²) in [6.45, 7) is 4.44. The quantitative estimate of drug-likeness (QED) is 0.856. The topological polar surface area (TPSA) is 33.1 Å². The van der Waals surface area contributed by atoms with Crippen LogP contribution in [-0.4, -0.2) is 10.1 Å². The lowest BCUT2D eigenvalue weighted by atomic mass is 9.72. The summed E-state index contributed by atoms with van der Waals surface area (Å²) in [4.78, 5) is 3.82. The van der Waals surface area contributed by atoms with Gasteiger partial charge in [-0.15, -0.1) is 0 Å². The lowest BCUT2D eigenvalue weighted by Gasteiger charge is -2.37. The molecule has 1 N–H and O–H groups in total. The Kier molecular flexibility index (Phi) is 3.48. The van der Waals surface area contributed by atoms with Crippen molar-refractivity contribution in [2.45, 2.75) is 45.1 Å². The fourth-order valence-corrected chi connectivity index (χ4v) is 2.74. The number of pyridine rings is 1. The van der Waals surface area contributed by atoms with Gasteiger partial charge in [0.05, 0.1) is 11.8 Å². The average Bonchev–Trinajstić information content (AvgIpc) is 2.29. The van der Waals surface area contributed by atoms with Crippen LogP contribution in [0.2, 0.25) is 0 Å². The maximum atomic E-state index is 13.1. The highest BCUT2D eigenvalue weighted by Crippen LogP contribution is 2.41. The van der Waals surface area contributed by atoms with Gasteiger partial charge in [0.2, 0.25) is 0 Å². The first-order valence-corrected chi connectivity index (χ1v) is 6.35. The molecule has 2 nitrogen and oxygen atoms in total. The lowest BCUT2D eigenvalue weighted by Crippen LogP contribution is -2.33. The van der Waals surface area contributed by atoms with Crippen LogP contribution >= 0.6 is 0 Å². The van der Waals surface area contributed by atoms with E-state index in [1.165, 1.54) is 12.3 Å². The summed E-state index contributed by atoms with van der Waals surface area (Å²) in [6, 6.07) is 1.41. The summed E-state index contributed by atoms with van der Waals surface area (Å²) in [5.74, 6) is 0.962. The Bertz CT molecular complexity index is 384. The lowest BCUT2D eigenvalue weighted by molar-refractivity contribution is -0.0204. The van der Waals surface area contributed by atoms with Gasteiger partial charge in [0.15, 0.2) is 0 Å². The molecule has 0 unspecified atom stereocenters. The zero-order valence-electron chi connectivity index (χ0n) is 10.5. The van der Waals surface area contributed by atoms with E-state index in [2.05, 4.69) is 18.8 Å². The van der Waals surface area contributed by atoms with E-state index in [1.54, 1.807) is 6.20 Å². The number of rotatable bonds is 2. The predicted molar refractivity (Wildman–Crippen MR) is 64.9 cm³/mol. The molecule has 0 spiro atoms. The second kappa shape index (κ2) is 4.73. The minimum Gasteiger partial charge on any atom is -0.385 e. The van der Waals surface area contributed by atoms with Crippen LogP contribution in [0, 0.1) is 17.7 Å². The Morgan fingerprint density at radius 2 is 2.00 bits per heavy atom. The Labute approximate surface area is 102 Å². The fraction of sp³-hybridized carbons (Fsp3) is 0.643. The monoisotopic (exact) mass is 237 g/mol. The van der Waals surface area contributed by atoms with Gasteiger partial charge in [0.1, 0.15) is 5.82 Å². The Morgan fingerprint density at radius 3 is 2.53 bits per heavy atom. The van der Waals surface area contributed by atoms with Gasteiger partial charge in [-0.3, -0.25) is 4.98 Å². The highest BCUT2D eigenvalue weighted by molar-refractivity contribution is 5.19. The third kappa shape index (κ3) is 2.65. The van der Waals surface area contributed by atoms with Crippen molar-refractivity contribution in [1.29, 1.82) is 0 Å². The van der Waals surface area contributed by atoms with Crippen molar-refractivity contribution in [3.63, 3.8) is 0 Å². The molecule has 0 saturated heterocycles. The number of nitrogens with zero attached hydrogens (tertiary/aromatic N) is 1. The number of aliphatic hydroxyl groups is 1. The molecule has 0 amide bonds. The maximum Gasteiger partial charge on any atom is 0.141 e. The fourth-order valence-electron chi connectivity index (χ4n) is 2.74. The van der Waals surface area contributed by atoms with E-state index in [0.717, 1.165) is 12.8 Å². The van der Waals surface area contributed by atoms with Crippen molar-refractivity contribution in [3.05, 3.63) is 29.8 Å². The molecule has 94 valence electrons. The smallest absolute Gasteiger partial charge is 0.141 e. The van der Waals surface area contributed by atoms with E-state index >= 15 is 0 Å². The average molecular weight is 237 g/mol. The van der Waals surface area contributed by atoms with Gasteiger partial charge >= 0.3 is 0 Å². The maximum absolute atomic E-state index is 13.1. The first kappa shape index (κ1) is 12.5. The van der Waals surface area contributed by atoms with E-state index in [0.29, 0.717) is 30.2 Å². The van der Waals surface area contributed by atoms with Crippen molar-refractivity contribution in [1.82, 2.24) is 4.98 Å². The molecule has 1 aromatic rings. The van der Waals surface area contributed by atoms with E-state index < -0.39 is 5.60 Å². The van der Waals surface area contributed by atoms with Crippen LogP contribution in [0.5, 0.6) is 0 Å². The Morgan fingerprint density at radius 1 is 1.35 bits per heavy atom. The van der Waals surface area contributed by atoms with Crippen LogP contribution < -0.4 is 0 Å². The molecular formula is C14H20FNO. The van der Waals surface area contributed by atoms with Crippen LogP contribution in [0.3, 0.4) is 0 Å². The molecular weight excluding hydrogens is 217 g/mol. The SMILES string of the molecule is CC(C)C1CCC(O)(c2cncc(F)c2)CC1. The summed E-state index contributed by atoms with van der Waals surface area (Å²) in [7, 11) is 0. The zero-order valence-corrected chi connectivity index (χ0v) is 10.5. The van der Waals surface area contributed by atoms with Crippen molar-refractivity contribution >= 4 is 0 Å². The van der Waals surface area contributed by atoms with Crippen LogP contribution in [-0.2, 0) is 5.60 Å². The third-order valence-electron chi connectivity index (χ3n) is 4.04. The van der Waals surface area contributed by atoms with Crippen LogP contribution in [0.4, 0.5) is 4.39 Å². The highest BCUT2D eigenvalue weighted by Gasteiger charge is 2.35. The van der Waals surface area contributed by atoms with Crippen molar-refractivity contribution in [2.75, 3.05) is 0 Å². The van der Waals surface area contributed by atoms with Gasteiger partial charge < -0.3 is 5.11 Å². The summed E-state index contributed by atoms with van der Waals surface area (Å²) in [5, 5.41) is 10.6. The number of hydrogen-bond acceptors (Lipinski definition) is 2. The van der Waals surface area contributed by atoms with Crippen LogP contribution in [0.15, 0.2) is 18.5 Å². The molecule has 1 aliphatic carbocycles. The van der Waals surface area contributed by atoms with Gasteiger partial charge in [0.25, 0.3) is 0 Å². The molecule has 1 saturated carbocycles. The van der Waals surface area contributed by atoms with Gasteiger partial charge in [-0.05, 0) is 43.6 Å². The molecule has 0 bridgehead atoms. The molecule has 0 atom stereocenters. The van der Waals surface area contributed by atoms with E-state index in [-0.39, 0.29) is 5.82 Å². The standard InChI is InChI=1S/C14H20FNO/c1-10(2)11-3-5-14(17,6-4-11)12-7-13(15)9-16-8-12/h7-11,17H,3-6H2,1-2H3. The number of hydrogen-bond donors (Lipinski definition) is 1. The minimum atomic E-state index is -0.875. The molecule has 3 heteroatoms. The Balaban J connectivity index is 2.12. The van der Waals surface area contributed by atoms with Crippen molar-refractivity contribution < 1.29 is 9.50 Å². The normalized spacial score (nSPS) is 29.6. The zero-order chi connectivity index (χ0) is 12.5. The molecule has 17 heavy (non-hydrogen) atoms. The van der Waals surface area contributed by atoms with Crippen molar-refractivity contribution in [2.24, 2.45) is 11.8 Å². The number of halogens is 1. The number of aromatic nitrogens is 1.